The molecule has 1 unspecified atom stereocenters. The van der Waals surface area contributed by atoms with Crippen molar-refractivity contribution < 1.29 is 14.3 Å². The maximum Gasteiger partial charge on any atom is 0.180 e. The van der Waals surface area contributed by atoms with Gasteiger partial charge in [0.25, 0.3) is 0 Å². The number of alkyl halides is 1. The number of fused-ring (bicyclic) bond motifs is 1. The number of ether oxygens (including phenoxy) is 2. The Labute approximate surface area is 96.5 Å². The second kappa shape index (κ2) is 4.23. The summed E-state index contributed by atoms with van der Waals surface area (Å²) in [4.78, 5) is 11.8. The predicted octanol–water partition coefficient (Wildman–Crippen LogP) is 2.42. The van der Waals surface area contributed by atoms with Crippen LogP contribution in [-0.4, -0.2) is 24.3 Å². The molecule has 2 rings (SSSR count). The number of benzene rings is 1. The molecule has 1 aliphatic heterocycles. The van der Waals surface area contributed by atoms with E-state index >= 15 is 0 Å². The minimum Gasteiger partial charge on any atom is -0.497 e. The second-order valence-corrected chi connectivity index (χ2v) is 4.44. The van der Waals surface area contributed by atoms with Crippen LogP contribution in [0.5, 0.6) is 11.5 Å². The van der Waals surface area contributed by atoms with Crippen molar-refractivity contribution in [1.29, 1.82) is 0 Å². The van der Waals surface area contributed by atoms with Crippen LogP contribution in [0.1, 0.15) is 16.8 Å². The summed E-state index contributed by atoms with van der Waals surface area (Å²) >= 11 is 3.35. The lowest BCUT2D eigenvalue weighted by Gasteiger charge is -2.07. The van der Waals surface area contributed by atoms with E-state index in [-0.39, 0.29) is 10.6 Å². The van der Waals surface area contributed by atoms with Gasteiger partial charge < -0.3 is 9.47 Å². The fourth-order valence-corrected chi connectivity index (χ4v) is 1.96. The molecule has 0 saturated carbocycles. The van der Waals surface area contributed by atoms with Crippen LogP contribution in [0, 0.1) is 0 Å². The molecule has 15 heavy (non-hydrogen) atoms. The van der Waals surface area contributed by atoms with Crippen molar-refractivity contribution in [2.75, 3.05) is 13.7 Å². The van der Waals surface area contributed by atoms with E-state index in [1.54, 1.807) is 25.3 Å². The van der Waals surface area contributed by atoms with Crippen LogP contribution in [0.2, 0.25) is 0 Å². The third-order valence-electron chi connectivity index (χ3n) is 2.37. The van der Waals surface area contributed by atoms with Gasteiger partial charge in [0.05, 0.1) is 24.1 Å². The molecule has 1 atom stereocenters. The first-order valence-corrected chi connectivity index (χ1v) is 5.63. The molecule has 0 radical (unpaired) electrons. The van der Waals surface area contributed by atoms with E-state index in [2.05, 4.69) is 15.9 Å². The largest absolute Gasteiger partial charge is 0.497 e. The Kier molecular flexibility index (Phi) is 2.95. The smallest absolute Gasteiger partial charge is 0.180 e. The Morgan fingerprint density at radius 2 is 2.33 bits per heavy atom. The molecule has 0 bridgehead atoms. The number of hydrogen-bond acceptors (Lipinski definition) is 3. The molecular weight excluding hydrogens is 260 g/mol. The fraction of sp³-hybridized carbons (Fsp3) is 0.364. The lowest BCUT2D eigenvalue weighted by molar-refractivity contribution is 0.0991. The Bertz CT molecular complexity index is 389. The summed E-state index contributed by atoms with van der Waals surface area (Å²) in [5, 5.41) is 0. The van der Waals surface area contributed by atoms with Crippen molar-refractivity contribution in [3.63, 3.8) is 0 Å². The zero-order valence-corrected chi connectivity index (χ0v) is 9.91. The molecule has 0 fully saturated rings. The summed E-state index contributed by atoms with van der Waals surface area (Å²) in [6.07, 6.45) is 0.690. The highest BCUT2D eigenvalue weighted by Gasteiger charge is 2.24. The minimum atomic E-state index is -0.161. The zero-order chi connectivity index (χ0) is 10.8. The third-order valence-corrected chi connectivity index (χ3v) is 3.24. The van der Waals surface area contributed by atoms with Crippen molar-refractivity contribution in [2.24, 2.45) is 0 Å². The summed E-state index contributed by atoms with van der Waals surface area (Å²) in [6.45, 7) is 0.557. The topological polar surface area (TPSA) is 35.5 Å². The Hall–Kier alpha value is -1.03. The fourth-order valence-electron chi connectivity index (χ4n) is 1.53. The maximum absolute atomic E-state index is 11.9. The Morgan fingerprint density at radius 3 is 3.07 bits per heavy atom. The summed E-state index contributed by atoms with van der Waals surface area (Å²) in [7, 11) is 1.58. The number of carbonyl (C=O) groups is 1. The van der Waals surface area contributed by atoms with E-state index in [1.165, 1.54) is 0 Å². The first-order valence-electron chi connectivity index (χ1n) is 4.71. The lowest BCUT2D eigenvalue weighted by Crippen LogP contribution is -2.13. The van der Waals surface area contributed by atoms with Gasteiger partial charge in [0.1, 0.15) is 11.5 Å². The molecule has 0 saturated heterocycles. The van der Waals surface area contributed by atoms with Crippen LogP contribution in [0.4, 0.5) is 0 Å². The number of hydrogen-bond donors (Lipinski definition) is 0. The van der Waals surface area contributed by atoms with Gasteiger partial charge in [-0.3, -0.25) is 4.79 Å². The van der Waals surface area contributed by atoms with Crippen molar-refractivity contribution in [2.45, 2.75) is 11.2 Å². The van der Waals surface area contributed by atoms with Gasteiger partial charge in [0.15, 0.2) is 5.78 Å². The highest BCUT2D eigenvalue weighted by atomic mass is 79.9. The molecule has 80 valence electrons. The summed E-state index contributed by atoms with van der Waals surface area (Å²) in [5.41, 5.74) is 0.591. The van der Waals surface area contributed by atoms with Gasteiger partial charge in [-0.25, -0.2) is 0 Å². The van der Waals surface area contributed by atoms with Crippen LogP contribution >= 0.6 is 15.9 Å². The van der Waals surface area contributed by atoms with E-state index in [0.717, 1.165) is 0 Å². The average molecular weight is 271 g/mol. The zero-order valence-electron chi connectivity index (χ0n) is 8.33. The maximum atomic E-state index is 11.9. The molecule has 0 N–H and O–H groups in total. The monoisotopic (exact) mass is 270 g/mol. The van der Waals surface area contributed by atoms with Gasteiger partial charge in [0, 0.05) is 6.42 Å². The summed E-state index contributed by atoms with van der Waals surface area (Å²) in [5.74, 6) is 1.37. The molecule has 1 aromatic carbocycles. The molecule has 4 heteroatoms. The van der Waals surface area contributed by atoms with E-state index < -0.39 is 0 Å². The van der Waals surface area contributed by atoms with Crippen molar-refractivity contribution >= 4 is 21.7 Å². The average Bonchev–Trinajstić information content (AvgIpc) is 2.40. The molecular formula is C11H11BrO3. The second-order valence-electron chi connectivity index (χ2n) is 3.33. The van der Waals surface area contributed by atoms with Gasteiger partial charge in [-0.1, -0.05) is 15.9 Å². The van der Waals surface area contributed by atoms with Crippen LogP contribution in [0.3, 0.4) is 0 Å². The molecule has 0 aromatic heterocycles. The molecule has 0 spiro atoms. The number of ketones is 1. The highest BCUT2D eigenvalue weighted by Crippen LogP contribution is 2.30. The normalized spacial score (nSPS) is 20.1. The molecule has 1 aromatic rings. The van der Waals surface area contributed by atoms with Crippen molar-refractivity contribution in [3.05, 3.63) is 23.8 Å². The van der Waals surface area contributed by atoms with E-state index in [1.807, 2.05) is 0 Å². The standard InChI is InChI=1S/C11H11BrO3/c1-14-7-2-3-10-8(6-7)11(13)9(12)4-5-15-10/h2-3,6,9H,4-5H2,1H3. The summed E-state index contributed by atoms with van der Waals surface area (Å²) in [6, 6.07) is 5.29. The highest BCUT2D eigenvalue weighted by molar-refractivity contribution is 9.10. The Balaban J connectivity index is 2.46. The first-order chi connectivity index (χ1) is 7.22. The Morgan fingerprint density at radius 1 is 1.53 bits per heavy atom. The number of Topliss-reactive ketones (excluding diaryl/α,β-unsaturated/α-hetero) is 1. The van der Waals surface area contributed by atoms with Crippen LogP contribution in [0.15, 0.2) is 18.2 Å². The van der Waals surface area contributed by atoms with Crippen molar-refractivity contribution in [1.82, 2.24) is 0 Å². The lowest BCUT2D eigenvalue weighted by atomic mass is 10.1. The number of halogens is 1. The molecule has 0 amide bonds. The molecule has 1 heterocycles. The van der Waals surface area contributed by atoms with Gasteiger partial charge in [-0.2, -0.15) is 0 Å². The molecule has 0 aliphatic carbocycles. The predicted molar refractivity (Wildman–Crippen MR) is 60.2 cm³/mol. The van der Waals surface area contributed by atoms with Gasteiger partial charge >= 0.3 is 0 Å². The van der Waals surface area contributed by atoms with Gasteiger partial charge in [0.2, 0.25) is 0 Å². The number of rotatable bonds is 1. The number of carbonyl (C=O) groups excluding carboxylic acids is 1. The SMILES string of the molecule is COc1ccc2c(c1)C(=O)C(Br)CCO2. The van der Waals surface area contributed by atoms with Crippen LogP contribution in [0.25, 0.3) is 0 Å². The molecule has 1 aliphatic rings. The number of methoxy groups -OCH3 is 1. The van der Waals surface area contributed by atoms with E-state index in [9.17, 15) is 4.79 Å². The third kappa shape index (κ3) is 2.00. The van der Waals surface area contributed by atoms with Crippen molar-refractivity contribution in [3.8, 4) is 11.5 Å². The van der Waals surface area contributed by atoms with Crippen LogP contribution < -0.4 is 9.47 Å². The first kappa shape index (κ1) is 10.5. The summed E-state index contributed by atoms with van der Waals surface area (Å²) < 4.78 is 10.6. The van der Waals surface area contributed by atoms with E-state index in [0.29, 0.717) is 30.1 Å². The minimum absolute atomic E-state index is 0.0569. The molecule has 3 nitrogen and oxygen atoms in total. The quantitative estimate of drug-likeness (QED) is 0.736. The van der Waals surface area contributed by atoms with Gasteiger partial charge in [-0.15, -0.1) is 0 Å². The van der Waals surface area contributed by atoms with Crippen LogP contribution in [-0.2, 0) is 0 Å². The van der Waals surface area contributed by atoms with Gasteiger partial charge in [-0.05, 0) is 18.2 Å². The van der Waals surface area contributed by atoms with E-state index in [4.69, 9.17) is 9.47 Å².